The van der Waals surface area contributed by atoms with Gasteiger partial charge < -0.3 is 5.11 Å². The lowest BCUT2D eigenvalue weighted by atomic mass is 10.2. The number of benzene rings is 1. The van der Waals surface area contributed by atoms with E-state index in [0.717, 1.165) is 23.0 Å². The minimum atomic E-state index is 0.0834. The van der Waals surface area contributed by atoms with Crippen LogP contribution in [-0.2, 0) is 18.9 Å². The fourth-order valence-electron chi connectivity index (χ4n) is 1.65. The average Bonchev–Trinajstić information content (AvgIpc) is 2.83. The Kier molecular flexibility index (Phi) is 4.93. The summed E-state index contributed by atoms with van der Waals surface area (Å²) in [4.78, 5) is 0. The van der Waals surface area contributed by atoms with Crippen LogP contribution < -0.4 is 0 Å². The van der Waals surface area contributed by atoms with Gasteiger partial charge in [0.05, 0.1) is 6.61 Å². The van der Waals surface area contributed by atoms with E-state index >= 15 is 0 Å². The maximum absolute atomic E-state index is 8.99. The van der Waals surface area contributed by atoms with E-state index in [9.17, 15) is 0 Å². The molecule has 0 radical (unpaired) electrons. The second kappa shape index (κ2) is 6.68. The summed E-state index contributed by atoms with van der Waals surface area (Å²) in [5.74, 6) is 1.34. The molecule has 1 aromatic carbocycles. The summed E-state index contributed by atoms with van der Waals surface area (Å²) in [6, 6.07) is 7.92. The van der Waals surface area contributed by atoms with Crippen LogP contribution in [0, 0.1) is 5.92 Å². The van der Waals surface area contributed by atoms with Crippen molar-refractivity contribution in [1.29, 1.82) is 0 Å². The van der Waals surface area contributed by atoms with E-state index in [1.807, 2.05) is 28.9 Å². The topological polar surface area (TPSA) is 63.8 Å². The zero-order valence-electron chi connectivity index (χ0n) is 11.2. The van der Waals surface area contributed by atoms with Crippen LogP contribution in [0.3, 0.4) is 0 Å². The van der Waals surface area contributed by atoms with Gasteiger partial charge in [-0.3, -0.25) is 0 Å². The van der Waals surface area contributed by atoms with Crippen molar-refractivity contribution in [2.75, 3.05) is 0 Å². The van der Waals surface area contributed by atoms with E-state index in [4.69, 9.17) is 5.11 Å². The molecule has 0 fully saturated rings. The smallest absolute Gasteiger partial charge is 0.209 e. The summed E-state index contributed by atoms with van der Waals surface area (Å²) in [6.07, 6.45) is 0. The lowest BCUT2D eigenvalue weighted by Crippen LogP contribution is -2.07. The van der Waals surface area contributed by atoms with Crippen LogP contribution >= 0.6 is 11.8 Å². The summed E-state index contributed by atoms with van der Waals surface area (Å²) in [7, 11) is 0. The Labute approximate surface area is 117 Å². The molecule has 2 aromatic rings. The zero-order chi connectivity index (χ0) is 13.7. The standard InChI is InChI=1S/C13H18N4OS/c1-10(2)7-17-13(14-15-16-17)19-9-12-5-3-11(8-18)4-6-12/h3-6,10,18H,7-9H2,1-2H3. The van der Waals surface area contributed by atoms with Crippen LogP contribution in [0.5, 0.6) is 0 Å². The molecule has 0 spiro atoms. The Bertz CT molecular complexity index is 510. The first kappa shape index (κ1) is 14.0. The number of hydrogen-bond donors (Lipinski definition) is 1. The zero-order valence-corrected chi connectivity index (χ0v) is 12.0. The van der Waals surface area contributed by atoms with Crippen molar-refractivity contribution in [3.63, 3.8) is 0 Å². The lowest BCUT2D eigenvalue weighted by molar-refractivity contribution is 0.282. The quantitative estimate of drug-likeness (QED) is 0.820. The van der Waals surface area contributed by atoms with Gasteiger partial charge in [-0.15, -0.1) is 5.10 Å². The van der Waals surface area contributed by atoms with Gasteiger partial charge in [0.1, 0.15) is 0 Å². The van der Waals surface area contributed by atoms with Gasteiger partial charge in [0, 0.05) is 12.3 Å². The SMILES string of the molecule is CC(C)Cn1nnnc1SCc1ccc(CO)cc1. The predicted molar refractivity (Wildman–Crippen MR) is 74.6 cm³/mol. The summed E-state index contributed by atoms with van der Waals surface area (Å²) in [5.41, 5.74) is 2.12. The Morgan fingerprint density at radius 3 is 2.53 bits per heavy atom. The largest absolute Gasteiger partial charge is 0.392 e. The van der Waals surface area contributed by atoms with Gasteiger partial charge >= 0.3 is 0 Å². The van der Waals surface area contributed by atoms with E-state index in [1.165, 1.54) is 5.56 Å². The van der Waals surface area contributed by atoms with Crippen LogP contribution in [-0.4, -0.2) is 25.3 Å². The highest BCUT2D eigenvalue weighted by Gasteiger charge is 2.08. The Balaban J connectivity index is 1.96. The lowest BCUT2D eigenvalue weighted by Gasteiger charge is -2.06. The maximum Gasteiger partial charge on any atom is 0.209 e. The number of aromatic nitrogens is 4. The first-order valence-electron chi connectivity index (χ1n) is 6.26. The third-order valence-corrected chi connectivity index (χ3v) is 3.64. The van der Waals surface area contributed by atoms with Crippen molar-refractivity contribution < 1.29 is 5.11 Å². The number of aliphatic hydroxyl groups excluding tert-OH is 1. The van der Waals surface area contributed by atoms with Crippen molar-refractivity contribution in [2.45, 2.75) is 37.9 Å². The van der Waals surface area contributed by atoms with Crippen LogP contribution in [0.1, 0.15) is 25.0 Å². The molecule has 102 valence electrons. The Morgan fingerprint density at radius 2 is 1.89 bits per heavy atom. The Morgan fingerprint density at radius 1 is 1.21 bits per heavy atom. The number of nitrogens with zero attached hydrogens (tertiary/aromatic N) is 4. The van der Waals surface area contributed by atoms with Crippen molar-refractivity contribution in [1.82, 2.24) is 20.2 Å². The van der Waals surface area contributed by atoms with E-state index in [2.05, 4.69) is 29.4 Å². The van der Waals surface area contributed by atoms with Crippen molar-refractivity contribution in [2.24, 2.45) is 5.92 Å². The van der Waals surface area contributed by atoms with Gasteiger partial charge in [0.25, 0.3) is 0 Å². The number of rotatable bonds is 6. The fourth-order valence-corrected chi connectivity index (χ4v) is 2.49. The molecule has 0 amide bonds. The van der Waals surface area contributed by atoms with Gasteiger partial charge in [-0.05, 0) is 27.5 Å². The molecule has 0 saturated carbocycles. The highest BCUT2D eigenvalue weighted by molar-refractivity contribution is 7.98. The van der Waals surface area contributed by atoms with E-state index in [-0.39, 0.29) is 6.61 Å². The molecule has 0 bridgehead atoms. The van der Waals surface area contributed by atoms with Gasteiger partial charge in [0.15, 0.2) is 0 Å². The van der Waals surface area contributed by atoms with Gasteiger partial charge in [-0.2, -0.15) is 0 Å². The van der Waals surface area contributed by atoms with Crippen LogP contribution in [0.25, 0.3) is 0 Å². The molecule has 0 atom stereocenters. The van der Waals surface area contributed by atoms with Gasteiger partial charge in [-0.1, -0.05) is 49.9 Å². The highest BCUT2D eigenvalue weighted by Crippen LogP contribution is 2.20. The predicted octanol–water partition coefficient (Wildman–Crippen LogP) is 2.11. The van der Waals surface area contributed by atoms with Crippen molar-refractivity contribution in [3.8, 4) is 0 Å². The van der Waals surface area contributed by atoms with Gasteiger partial charge in [-0.25, -0.2) is 4.68 Å². The first-order chi connectivity index (χ1) is 9.19. The van der Waals surface area contributed by atoms with Gasteiger partial charge in [0.2, 0.25) is 5.16 Å². The third kappa shape index (κ3) is 4.04. The summed E-state index contributed by atoms with van der Waals surface area (Å²) < 4.78 is 1.84. The van der Waals surface area contributed by atoms with Crippen molar-refractivity contribution >= 4 is 11.8 Å². The second-order valence-electron chi connectivity index (χ2n) is 4.80. The molecule has 0 aliphatic rings. The molecule has 5 nitrogen and oxygen atoms in total. The Hall–Kier alpha value is -1.40. The summed E-state index contributed by atoms with van der Waals surface area (Å²) in [5, 5.41) is 21.6. The molecule has 1 N–H and O–H groups in total. The molecule has 0 saturated heterocycles. The van der Waals surface area contributed by atoms with Crippen molar-refractivity contribution in [3.05, 3.63) is 35.4 Å². The molecule has 0 aliphatic heterocycles. The van der Waals surface area contributed by atoms with Crippen LogP contribution in [0.4, 0.5) is 0 Å². The monoisotopic (exact) mass is 278 g/mol. The summed E-state index contributed by atoms with van der Waals surface area (Å²) >= 11 is 1.63. The van der Waals surface area contributed by atoms with E-state index in [1.54, 1.807) is 11.8 Å². The molecule has 2 rings (SSSR count). The second-order valence-corrected chi connectivity index (χ2v) is 5.74. The number of hydrogen-bond acceptors (Lipinski definition) is 5. The van der Waals surface area contributed by atoms with Crippen LogP contribution in [0.2, 0.25) is 0 Å². The van der Waals surface area contributed by atoms with E-state index in [0.29, 0.717) is 5.92 Å². The number of tetrazole rings is 1. The van der Waals surface area contributed by atoms with Crippen LogP contribution in [0.15, 0.2) is 29.4 Å². The molecule has 6 heteroatoms. The first-order valence-corrected chi connectivity index (χ1v) is 7.25. The molecule has 19 heavy (non-hydrogen) atoms. The molecule has 0 aliphatic carbocycles. The number of aliphatic hydroxyl groups is 1. The molecular formula is C13H18N4OS. The summed E-state index contributed by atoms with van der Waals surface area (Å²) in [6.45, 7) is 5.20. The molecule has 1 aromatic heterocycles. The maximum atomic E-state index is 8.99. The highest BCUT2D eigenvalue weighted by atomic mass is 32.2. The normalized spacial score (nSPS) is 11.2. The molecular weight excluding hydrogens is 260 g/mol. The third-order valence-electron chi connectivity index (χ3n) is 2.61. The minimum absolute atomic E-state index is 0.0834. The minimum Gasteiger partial charge on any atom is -0.392 e. The molecule has 0 unspecified atom stereocenters. The molecule has 1 heterocycles. The average molecular weight is 278 g/mol. The number of thioether (sulfide) groups is 1. The van der Waals surface area contributed by atoms with E-state index < -0.39 is 0 Å². The fraction of sp³-hybridized carbons (Fsp3) is 0.462.